The molecular weight excluding hydrogens is 189 g/mol. The molecule has 0 saturated carbocycles. The number of aryl methyl sites for hydroxylation is 1. The molecule has 3 heteroatoms. The largest absolute Gasteiger partial charge is 0.330 e. The van der Waals surface area contributed by atoms with Crippen molar-refractivity contribution < 1.29 is 4.39 Å². The third kappa shape index (κ3) is 2.20. The molecule has 0 spiro atoms. The Morgan fingerprint density at radius 3 is 2.62 bits per heavy atom. The van der Waals surface area contributed by atoms with Crippen LogP contribution >= 0.6 is 11.6 Å². The van der Waals surface area contributed by atoms with Crippen LogP contribution in [0.2, 0.25) is 5.02 Å². The second-order valence-electron chi connectivity index (χ2n) is 3.27. The lowest BCUT2D eigenvalue weighted by Crippen LogP contribution is -2.09. The number of halogens is 2. The zero-order chi connectivity index (χ0) is 10.0. The van der Waals surface area contributed by atoms with E-state index in [0.717, 1.165) is 5.56 Å². The molecule has 2 N–H and O–H groups in total. The van der Waals surface area contributed by atoms with Crippen molar-refractivity contribution in [2.45, 2.75) is 19.8 Å². The molecule has 1 aromatic rings. The maximum absolute atomic E-state index is 13.1. The van der Waals surface area contributed by atoms with Crippen LogP contribution in [-0.4, -0.2) is 6.54 Å². The topological polar surface area (TPSA) is 26.0 Å². The molecule has 1 atom stereocenters. The van der Waals surface area contributed by atoms with Crippen molar-refractivity contribution in [1.82, 2.24) is 0 Å². The van der Waals surface area contributed by atoms with Crippen molar-refractivity contribution in [3.8, 4) is 0 Å². The first kappa shape index (κ1) is 10.5. The van der Waals surface area contributed by atoms with Gasteiger partial charge in [-0.25, -0.2) is 4.39 Å². The summed E-state index contributed by atoms with van der Waals surface area (Å²) >= 11 is 5.70. The van der Waals surface area contributed by atoms with E-state index in [4.69, 9.17) is 17.3 Å². The number of rotatable bonds is 2. The Morgan fingerprint density at radius 1 is 1.54 bits per heavy atom. The minimum absolute atomic E-state index is 0.176. The Morgan fingerprint density at radius 2 is 2.15 bits per heavy atom. The molecule has 0 aliphatic heterocycles. The van der Waals surface area contributed by atoms with E-state index in [2.05, 4.69) is 0 Å². The van der Waals surface area contributed by atoms with Crippen molar-refractivity contribution in [3.05, 3.63) is 34.1 Å². The van der Waals surface area contributed by atoms with Crippen LogP contribution in [0.5, 0.6) is 0 Å². The molecule has 1 rings (SSSR count). The fraction of sp³-hybridized carbons (Fsp3) is 0.400. The van der Waals surface area contributed by atoms with E-state index in [9.17, 15) is 4.39 Å². The maximum Gasteiger partial charge on any atom is 0.144 e. The molecule has 0 bridgehead atoms. The summed E-state index contributed by atoms with van der Waals surface area (Å²) in [5.41, 5.74) is 7.07. The molecule has 72 valence electrons. The Balaban J connectivity index is 3.13. The van der Waals surface area contributed by atoms with Crippen molar-refractivity contribution in [2.75, 3.05) is 6.54 Å². The smallest absolute Gasteiger partial charge is 0.144 e. The quantitative estimate of drug-likeness (QED) is 0.783. The Hall–Kier alpha value is -0.600. The van der Waals surface area contributed by atoms with E-state index in [1.54, 1.807) is 19.1 Å². The lowest BCUT2D eigenvalue weighted by Gasteiger charge is -2.11. The fourth-order valence-electron chi connectivity index (χ4n) is 1.17. The molecule has 1 aromatic carbocycles. The van der Waals surface area contributed by atoms with Gasteiger partial charge < -0.3 is 5.73 Å². The Labute approximate surface area is 82.7 Å². The van der Waals surface area contributed by atoms with E-state index < -0.39 is 0 Å². The summed E-state index contributed by atoms with van der Waals surface area (Å²) in [4.78, 5) is 0. The molecular formula is C10H13ClFN. The summed E-state index contributed by atoms with van der Waals surface area (Å²) in [5, 5.41) is 0.176. The third-order valence-corrected chi connectivity index (χ3v) is 2.43. The van der Waals surface area contributed by atoms with Crippen molar-refractivity contribution in [3.63, 3.8) is 0 Å². The molecule has 0 aliphatic rings. The standard InChI is InChI=1S/C10H13ClFN/c1-6-3-8(7(2)5-13)4-9(11)10(6)12/h3-4,7H,5,13H2,1-2H3. The van der Waals surface area contributed by atoms with Crippen molar-refractivity contribution >= 4 is 11.6 Å². The average Bonchev–Trinajstić information content (AvgIpc) is 2.12. The molecule has 0 amide bonds. The number of hydrogen-bond acceptors (Lipinski definition) is 1. The molecule has 0 heterocycles. The first-order chi connectivity index (χ1) is 6.06. The molecule has 13 heavy (non-hydrogen) atoms. The zero-order valence-corrected chi connectivity index (χ0v) is 8.53. The molecule has 1 unspecified atom stereocenters. The first-order valence-corrected chi connectivity index (χ1v) is 4.59. The lowest BCUT2D eigenvalue weighted by molar-refractivity contribution is 0.616. The Kier molecular flexibility index (Phi) is 3.28. The SMILES string of the molecule is Cc1cc(C(C)CN)cc(Cl)c1F. The third-order valence-electron chi connectivity index (χ3n) is 2.16. The van der Waals surface area contributed by atoms with E-state index >= 15 is 0 Å². The van der Waals surface area contributed by atoms with Crippen LogP contribution in [-0.2, 0) is 0 Å². The monoisotopic (exact) mass is 201 g/mol. The van der Waals surface area contributed by atoms with E-state index in [0.29, 0.717) is 12.1 Å². The van der Waals surface area contributed by atoms with Crippen LogP contribution in [0.4, 0.5) is 4.39 Å². The highest BCUT2D eigenvalue weighted by molar-refractivity contribution is 6.30. The second-order valence-corrected chi connectivity index (χ2v) is 3.68. The van der Waals surface area contributed by atoms with E-state index in [1.807, 2.05) is 6.92 Å². The van der Waals surface area contributed by atoms with Crippen LogP contribution in [0, 0.1) is 12.7 Å². The summed E-state index contributed by atoms with van der Waals surface area (Å²) in [6, 6.07) is 3.43. The van der Waals surface area contributed by atoms with Gasteiger partial charge in [-0.2, -0.15) is 0 Å². The average molecular weight is 202 g/mol. The van der Waals surface area contributed by atoms with Crippen LogP contribution in [0.25, 0.3) is 0 Å². The minimum atomic E-state index is -0.338. The van der Waals surface area contributed by atoms with E-state index in [-0.39, 0.29) is 16.8 Å². The molecule has 0 radical (unpaired) electrons. The van der Waals surface area contributed by atoms with Gasteiger partial charge in [-0.05, 0) is 36.6 Å². The maximum atomic E-state index is 13.1. The van der Waals surface area contributed by atoms with Gasteiger partial charge in [-0.1, -0.05) is 24.6 Å². The Bertz CT molecular complexity index is 289. The zero-order valence-electron chi connectivity index (χ0n) is 7.77. The van der Waals surface area contributed by atoms with Gasteiger partial charge in [0.25, 0.3) is 0 Å². The van der Waals surface area contributed by atoms with Gasteiger partial charge >= 0.3 is 0 Å². The summed E-state index contributed by atoms with van der Waals surface area (Å²) in [6.45, 7) is 4.23. The highest BCUT2D eigenvalue weighted by atomic mass is 35.5. The van der Waals surface area contributed by atoms with Crippen molar-refractivity contribution in [2.24, 2.45) is 5.73 Å². The predicted octanol–water partition coefficient (Wildman–Crippen LogP) is 2.85. The predicted molar refractivity (Wildman–Crippen MR) is 53.6 cm³/mol. The van der Waals surface area contributed by atoms with Gasteiger partial charge in [-0.15, -0.1) is 0 Å². The first-order valence-electron chi connectivity index (χ1n) is 4.22. The normalized spacial score (nSPS) is 13.0. The number of nitrogens with two attached hydrogens (primary N) is 1. The molecule has 0 saturated heterocycles. The minimum Gasteiger partial charge on any atom is -0.330 e. The summed E-state index contributed by atoms with van der Waals surface area (Å²) in [7, 11) is 0. The molecule has 0 aromatic heterocycles. The van der Waals surface area contributed by atoms with Gasteiger partial charge in [-0.3, -0.25) is 0 Å². The van der Waals surface area contributed by atoms with Crippen LogP contribution in [0.15, 0.2) is 12.1 Å². The number of hydrogen-bond donors (Lipinski definition) is 1. The molecule has 1 nitrogen and oxygen atoms in total. The summed E-state index contributed by atoms with van der Waals surface area (Å²) in [5.74, 6) is -0.119. The van der Waals surface area contributed by atoms with Crippen molar-refractivity contribution in [1.29, 1.82) is 0 Å². The molecule has 0 aliphatic carbocycles. The fourth-order valence-corrected chi connectivity index (χ4v) is 1.45. The number of benzene rings is 1. The summed E-state index contributed by atoms with van der Waals surface area (Å²) in [6.07, 6.45) is 0. The van der Waals surface area contributed by atoms with Gasteiger partial charge in [0.1, 0.15) is 5.82 Å². The van der Waals surface area contributed by atoms with Gasteiger partial charge in [0.15, 0.2) is 0 Å². The highest BCUT2D eigenvalue weighted by Crippen LogP contribution is 2.24. The van der Waals surface area contributed by atoms with E-state index in [1.165, 1.54) is 0 Å². The second kappa shape index (κ2) is 4.07. The lowest BCUT2D eigenvalue weighted by atomic mass is 9.99. The van der Waals surface area contributed by atoms with Crippen LogP contribution in [0.1, 0.15) is 24.0 Å². The van der Waals surface area contributed by atoms with Crippen LogP contribution in [0.3, 0.4) is 0 Å². The van der Waals surface area contributed by atoms with Gasteiger partial charge in [0, 0.05) is 0 Å². The van der Waals surface area contributed by atoms with Crippen LogP contribution < -0.4 is 5.73 Å². The highest BCUT2D eigenvalue weighted by Gasteiger charge is 2.09. The van der Waals surface area contributed by atoms with Gasteiger partial charge in [0.2, 0.25) is 0 Å². The summed E-state index contributed by atoms with van der Waals surface area (Å²) < 4.78 is 13.1. The van der Waals surface area contributed by atoms with Gasteiger partial charge in [0.05, 0.1) is 5.02 Å². The molecule has 0 fully saturated rings.